The zero-order chi connectivity index (χ0) is 13.7. The number of hydrogen-bond acceptors (Lipinski definition) is 5. The third-order valence-electron chi connectivity index (χ3n) is 3.26. The fraction of sp³-hybridized carbons (Fsp3) is 0.615. The quantitative estimate of drug-likeness (QED) is 0.770. The minimum Gasteiger partial charge on any atom is -0.475 e. The van der Waals surface area contributed by atoms with Crippen LogP contribution in [0, 0.1) is 6.92 Å². The highest BCUT2D eigenvalue weighted by Gasteiger charge is 2.13. The molecule has 1 aromatic rings. The van der Waals surface area contributed by atoms with Gasteiger partial charge in [0.25, 0.3) is 0 Å². The summed E-state index contributed by atoms with van der Waals surface area (Å²) in [4.78, 5) is 13.2. The molecule has 2 rings (SSSR count). The second kappa shape index (κ2) is 6.98. The van der Waals surface area contributed by atoms with Crippen molar-refractivity contribution < 1.29 is 14.3 Å². The number of carbonyl (C=O) groups is 1. The Labute approximate surface area is 117 Å². The molecule has 19 heavy (non-hydrogen) atoms. The number of aryl methyl sites for hydroxylation is 1. The molecule has 5 nitrogen and oxygen atoms in total. The van der Waals surface area contributed by atoms with Crippen LogP contribution in [0.4, 0.5) is 0 Å². The second-order valence-corrected chi connectivity index (χ2v) is 5.85. The van der Waals surface area contributed by atoms with Gasteiger partial charge in [-0.15, -0.1) is 0 Å². The lowest BCUT2D eigenvalue weighted by molar-refractivity contribution is 0.0661. The van der Waals surface area contributed by atoms with Gasteiger partial charge in [-0.3, -0.25) is 0 Å². The van der Waals surface area contributed by atoms with Crippen molar-refractivity contribution in [2.24, 2.45) is 0 Å². The van der Waals surface area contributed by atoms with Gasteiger partial charge in [-0.2, -0.15) is 11.8 Å². The number of nitrogens with zero attached hydrogens (tertiary/aromatic N) is 1. The Balaban J connectivity index is 1.71. The Morgan fingerprint density at radius 3 is 2.89 bits per heavy atom. The third kappa shape index (κ3) is 4.26. The highest BCUT2D eigenvalue weighted by Crippen LogP contribution is 2.14. The molecule has 1 fully saturated rings. The molecular formula is C13H20N2O3S. The molecule has 0 bridgehead atoms. The van der Waals surface area contributed by atoms with Crippen LogP contribution < -0.4 is 5.32 Å². The van der Waals surface area contributed by atoms with Crippen LogP contribution in [0.2, 0.25) is 0 Å². The van der Waals surface area contributed by atoms with Gasteiger partial charge < -0.3 is 19.7 Å². The largest absolute Gasteiger partial charge is 0.475 e. The first kappa shape index (κ1) is 14.4. The Morgan fingerprint density at radius 2 is 2.26 bits per heavy atom. The average molecular weight is 284 g/mol. The van der Waals surface area contributed by atoms with Crippen molar-refractivity contribution in [1.82, 2.24) is 10.2 Å². The fourth-order valence-corrected chi connectivity index (χ4v) is 3.06. The molecule has 0 aliphatic carbocycles. The summed E-state index contributed by atoms with van der Waals surface area (Å²) in [5, 5.41) is 12.2. The van der Waals surface area contributed by atoms with Crippen LogP contribution in [0.25, 0.3) is 0 Å². The van der Waals surface area contributed by atoms with E-state index in [0.29, 0.717) is 12.3 Å². The van der Waals surface area contributed by atoms with Gasteiger partial charge in [0.15, 0.2) is 0 Å². The fourth-order valence-electron chi connectivity index (χ4n) is 2.09. The number of thioether (sulfide) groups is 1. The molecule has 6 heteroatoms. The molecule has 2 heterocycles. The molecular weight excluding hydrogens is 264 g/mol. The number of hydrogen-bond donors (Lipinski definition) is 2. The average Bonchev–Trinajstić information content (AvgIpc) is 2.78. The van der Waals surface area contributed by atoms with Crippen molar-refractivity contribution in [3.05, 3.63) is 23.2 Å². The second-order valence-electron chi connectivity index (χ2n) is 4.63. The van der Waals surface area contributed by atoms with Gasteiger partial charge in [0.1, 0.15) is 5.76 Å². The van der Waals surface area contributed by atoms with Gasteiger partial charge in [0.05, 0.1) is 0 Å². The number of furan rings is 1. The van der Waals surface area contributed by atoms with Gasteiger partial charge in [0, 0.05) is 49.8 Å². The summed E-state index contributed by atoms with van der Waals surface area (Å²) in [6.45, 7) is 6.75. The van der Waals surface area contributed by atoms with Gasteiger partial charge >= 0.3 is 5.97 Å². The van der Waals surface area contributed by atoms with Crippen molar-refractivity contribution in [2.45, 2.75) is 13.5 Å². The molecule has 0 unspecified atom stereocenters. The molecule has 1 aliphatic rings. The lowest BCUT2D eigenvalue weighted by atomic mass is 10.2. The van der Waals surface area contributed by atoms with Gasteiger partial charge in [-0.1, -0.05) is 0 Å². The highest BCUT2D eigenvalue weighted by molar-refractivity contribution is 7.99. The third-order valence-corrected chi connectivity index (χ3v) is 4.20. The van der Waals surface area contributed by atoms with Crippen LogP contribution in [0.1, 0.15) is 21.9 Å². The van der Waals surface area contributed by atoms with Crippen LogP contribution >= 0.6 is 11.8 Å². The zero-order valence-corrected chi connectivity index (χ0v) is 12.0. The summed E-state index contributed by atoms with van der Waals surface area (Å²) in [5.74, 6) is 2.13. The molecule has 0 atom stereocenters. The lowest BCUT2D eigenvalue weighted by Gasteiger charge is -2.26. The zero-order valence-electron chi connectivity index (χ0n) is 11.1. The predicted molar refractivity (Wildman–Crippen MR) is 75.9 cm³/mol. The normalized spacial score (nSPS) is 16.7. The summed E-state index contributed by atoms with van der Waals surface area (Å²) < 4.78 is 5.17. The molecule has 1 aliphatic heterocycles. The van der Waals surface area contributed by atoms with Gasteiger partial charge in [-0.25, -0.2) is 4.79 Å². The first-order chi connectivity index (χ1) is 9.16. The van der Waals surface area contributed by atoms with Crippen molar-refractivity contribution in [3.63, 3.8) is 0 Å². The van der Waals surface area contributed by atoms with Crippen LogP contribution in [-0.4, -0.2) is 53.7 Å². The van der Waals surface area contributed by atoms with Crippen molar-refractivity contribution >= 4 is 17.7 Å². The summed E-state index contributed by atoms with van der Waals surface area (Å²) in [6.07, 6.45) is 0. The van der Waals surface area contributed by atoms with E-state index in [2.05, 4.69) is 10.2 Å². The minimum absolute atomic E-state index is 0.0161. The van der Waals surface area contributed by atoms with Gasteiger partial charge in [0.2, 0.25) is 5.76 Å². The molecule has 1 aromatic heterocycles. The molecule has 2 N–H and O–H groups in total. The number of rotatable bonds is 6. The predicted octanol–water partition coefficient (Wildman–Crippen LogP) is 1.42. The Bertz CT molecular complexity index is 428. The van der Waals surface area contributed by atoms with Crippen molar-refractivity contribution in [3.8, 4) is 0 Å². The Kier molecular flexibility index (Phi) is 5.30. The topological polar surface area (TPSA) is 65.7 Å². The van der Waals surface area contributed by atoms with E-state index >= 15 is 0 Å². The van der Waals surface area contributed by atoms with Crippen molar-refractivity contribution in [2.75, 3.05) is 37.7 Å². The van der Waals surface area contributed by atoms with Crippen molar-refractivity contribution in [1.29, 1.82) is 0 Å². The number of carboxylic acids is 1. The molecule has 0 aromatic carbocycles. The summed E-state index contributed by atoms with van der Waals surface area (Å²) in [5.41, 5.74) is 0.923. The summed E-state index contributed by atoms with van der Waals surface area (Å²) in [6, 6.07) is 1.60. The van der Waals surface area contributed by atoms with E-state index in [1.807, 2.05) is 11.8 Å². The van der Waals surface area contributed by atoms with Crippen LogP contribution in [0.15, 0.2) is 10.5 Å². The van der Waals surface area contributed by atoms with E-state index in [-0.39, 0.29) is 5.76 Å². The SMILES string of the molecule is Cc1oc(C(=O)O)cc1CNCCN1CCSCC1. The first-order valence-corrected chi connectivity index (χ1v) is 7.65. The first-order valence-electron chi connectivity index (χ1n) is 6.50. The summed E-state index contributed by atoms with van der Waals surface area (Å²) in [7, 11) is 0. The standard InChI is InChI=1S/C13H20N2O3S/c1-10-11(8-12(18-10)13(16)17)9-14-2-3-15-4-6-19-7-5-15/h8,14H,2-7,9H2,1H3,(H,16,17). The van der Waals surface area contributed by atoms with Crippen LogP contribution in [-0.2, 0) is 6.54 Å². The Hall–Kier alpha value is -0.980. The van der Waals surface area contributed by atoms with E-state index < -0.39 is 5.97 Å². The smallest absolute Gasteiger partial charge is 0.371 e. The van der Waals surface area contributed by atoms with E-state index in [4.69, 9.17) is 9.52 Å². The summed E-state index contributed by atoms with van der Waals surface area (Å²) >= 11 is 2.01. The number of nitrogens with one attached hydrogen (secondary N) is 1. The lowest BCUT2D eigenvalue weighted by Crippen LogP contribution is -2.37. The van der Waals surface area contributed by atoms with Crippen LogP contribution in [0.5, 0.6) is 0 Å². The van der Waals surface area contributed by atoms with Crippen LogP contribution in [0.3, 0.4) is 0 Å². The number of carboxylic acid groups (broad SMARTS) is 1. The van der Waals surface area contributed by atoms with E-state index in [9.17, 15) is 4.79 Å². The molecule has 0 spiro atoms. The van der Waals surface area contributed by atoms with E-state index in [1.54, 1.807) is 13.0 Å². The van der Waals surface area contributed by atoms with E-state index in [1.165, 1.54) is 24.6 Å². The Morgan fingerprint density at radius 1 is 1.53 bits per heavy atom. The van der Waals surface area contributed by atoms with E-state index in [0.717, 1.165) is 18.7 Å². The maximum Gasteiger partial charge on any atom is 0.371 e. The minimum atomic E-state index is -1.01. The molecule has 1 saturated heterocycles. The maximum atomic E-state index is 10.8. The maximum absolute atomic E-state index is 10.8. The van der Waals surface area contributed by atoms with Gasteiger partial charge in [-0.05, 0) is 13.0 Å². The molecule has 0 saturated carbocycles. The molecule has 0 radical (unpaired) electrons. The number of aromatic carboxylic acids is 1. The molecule has 106 valence electrons. The molecule has 0 amide bonds. The highest BCUT2D eigenvalue weighted by atomic mass is 32.2. The monoisotopic (exact) mass is 284 g/mol.